The molecule has 0 aliphatic heterocycles. The summed E-state index contributed by atoms with van der Waals surface area (Å²) in [7, 11) is 0. The van der Waals surface area contributed by atoms with Gasteiger partial charge in [-0.25, -0.2) is 9.18 Å². The molecule has 3 nitrogen and oxygen atoms in total. The van der Waals surface area contributed by atoms with Gasteiger partial charge in [0, 0.05) is 11.3 Å². The molecule has 2 rings (SSSR count). The minimum absolute atomic E-state index is 0.146. The maximum absolute atomic E-state index is 13.8. The van der Waals surface area contributed by atoms with E-state index < -0.39 is 5.97 Å². The number of hydrogen-bond acceptors (Lipinski definition) is 2. The van der Waals surface area contributed by atoms with Crippen molar-refractivity contribution >= 4 is 11.7 Å². The van der Waals surface area contributed by atoms with Gasteiger partial charge in [-0.3, -0.25) is 0 Å². The predicted molar refractivity (Wildman–Crippen MR) is 76.5 cm³/mol. The molecule has 0 aromatic heterocycles. The molecule has 2 aromatic carbocycles. The maximum Gasteiger partial charge on any atom is 0.335 e. The van der Waals surface area contributed by atoms with Crippen LogP contribution in [0.15, 0.2) is 48.5 Å². The van der Waals surface area contributed by atoms with E-state index in [0.717, 1.165) is 12.1 Å². The molecule has 2 N–H and O–H groups in total. The Morgan fingerprint density at radius 3 is 2.40 bits per heavy atom. The van der Waals surface area contributed by atoms with Crippen molar-refractivity contribution in [3.05, 3.63) is 65.5 Å². The van der Waals surface area contributed by atoms with Gasteiger partial charge in [0.15, 0.2) is 0 Å². The lowest BCUT2D eigenvalue weighted by molar-refractivity contribution is 0.0697. The molecule has 0 bridgehead atoms. The SMILES string of the molecule is CCC(Nc1ccc(C(=O)O)cc1)c1ccccc1F. The van der Waals surface area contributed by atoms with Gasteiger partial charge in [-0.2, -0.15) is 0 Å². The number of carboxylic acids is 1. The standard InChI is InChI=1S/C16H16FNO2/c1-2-15(13-5-3-4-6-14(13)17)18-12-9-7-11(8-10-12)16(19)20/h3-10,15,18H,2H2,1H3,(H,19,20). The lowest BCUT2D eigenvalue weighted by Gasteiger charge is -2.19. The van der Waals surface area contributed by atoms with Gasteiger partial charge in [-0.15, -0.1) is 0 Å². The van der Waals surface area contributed by atoms with Crippen LogP contribution in [0.5, 0.6) is 0 Å². The van der Waals surface area contributed by atoms with Crippen molar-refractivity contribution in [1.82, 2.24) is 0 Å². The summed E-state index contributed by atoms with van der Waals surface area (Å²) in [6.45, 7) is 1.97. The zero-order valence-electron chi connectivity index (χ0n) is 11.1. The molecule has 1 atom stereocenters. The molecule has 4 heteroatoms. The van der Waals surface area contributed by atoms with Crippen LogP contribution in [-0.4, -0.2) is 11.1 Å². The second-order valence-electron chi connectivity index (χ2n) is 4.51. The van der Waals surface area contributed by atoms with E-state index in [0.29, 0.717) is 5.56 Å². The molecule has 0 fully saturated rings. The first-order valence-electron chi connectivity index (χ1n) is 6.46. The van der Waals surface area contributed by atoms with Crippen LogP contribution < -0.4 is 5.32 Å². The predicted octanol–water partition coefficient (Wildman–Crippen LogP) is 4.09. The second kappa shape index (κ2) is 6.19. The first-order valence-corrected chi connectivity index (χ1v) is 6.46. The van der Waals surface area contributed by atoms with Crippen LogP contribution >= 0.6 is 0 Å². The number of aromatic carboxylic acids is 1. The van der Waals surface area contributed by atoms with Crippen molar-refractivity contribution in [3.8, 4) is 0 Å². The Morgan fingerprint density at radius 2 is 1.85 bits per heavy atom. The van der Waals surface area contributed by atoms with E-state index >= 15 is 0 Å². The summed E-state index contributed by atoms with van der Waals surface area (Å²) in [4.78, 5) is 10.8. The summed E-state index contributed by atoms with van der Waals surface area (Å²) in [6.07, 6.45) is 0.724. The van der Waals surface area contributed by atoms with Crippen LogP contribution in [0.25, 0.3) is 0 Å². The molecule has 1 unspecified atom stereocenters. The number of carboxylic acid groups (broad SMARTS) is 1. The number of anilines is 1. The number of benzene rings is 2. The quantitative estimate of drug-likeness (QED) is 0.862. The van der Waals surface area contributed by atoms with Crippen molar-refractivity contribution in [3.63, 3.8) is 0 Å². The Kier molecular flexibility index (Phi) is 4.35. The molecule has 0 aliphatic carbocycles. The van der Waals surface area contributed by atoms with Crippen LogP contribution in [0.4, 0.5) is 10.1 Å². The van der Waals surface area contributed by atoms with Crippen molar-refractivity contribution in [2.75, 3.05) is 5.32 Å². The van der Waals surface area contributed by atoms with Crippen LogP contribution in [0.1, 0.15) is 35.3 Å². The van der Waals surface area contributed by atoms with Crippen LogP contribution in [-0.2, 0) is 0 Å². The van der Waals surface area contributed by atoms with Gasteiger partial charge in [0.25, 0.3) is 0 Å². The van der Waals surface area contributed by atoms with Gasteiger partial charge < -0.3 is 10.4 Å². The average molecular weight is 273 g/mol. The minimum Gasteiger partial charge on any atom is -0.478 e. The molecule has 0 saturated heterocycles. The highest BCUT2D eigenvalue weighted by atomic mass is 19.1. The number of carbonyl (C=O) groups is 1. The smallest absolute Gasteiger partial charge is 0.335 e. The Bertz CT molecular complexity index is 596. The van der Waals surface area contributed by atoms with Gasteiger partial charge in [-0.05, 0) is 36.8 Å². The Hall–Kier alpha value is -2.36. The fourth-order valence-corrected chi connectivity index (χ4v) is 2.07. The molecule has 0 saturated carbocycles. The Morgan fingerprint density at radius 1 is 1.20 bits per heavy atom. The summed E-state index contributed by atoms with van der Waals surface area (Å²) in [5, 5.41) is 12.1. The lowest BCUT2D eigenvalue weighted by atomic mass is 10.0. The molecular formula is C16H16FNO2. The molecule has 0 amide bonds. The summed E-state index contributed by atoms with van der Waals surface area (Å²) < 4.78 is 13.8. The minimum atomic E-state index is -0.960. The van der Waals surface area contributed by atoms with Gasteiger partial charge in [-0.1, -0.05) is 25.1 Å². The monoisotopic (exact) mass is 273 g/mol. The molecule has 0 spiro atoms. The molecule has 104 valence electrons. The van der Waals surface area contributed by atoms with Crippen molar-refractivity contribution in [1.29, 1.82) is 0 Å². The average Bonchev–Trinajstić information content (AvgIpc) is 2.46. The second-order valence-corrected chi connectivity index (χ2v) is 4.51. The van der Waals surface area contributed by atoms with Crippen LogP contribution in [0, 0.1) is 5.82 Å². The fraction of sp³-hybridized carbons (Fsp3) is 0.188. The molecule has 0 heterocycles. The highest BCUT2D eigenvalue weighted by Crippen LogP contribution is 2.24. The number of rotatable bonds is 5. The van der Waals surface area contributed by atoms with E-state index in [-0.39, 0.29) is 17.4 Å². The van der Waals surface area contributed by atoms with Gasteiger partial charge >= 0.3 is 5.97 Å². The summed E-state index contributed by atoms with van der Waals surface area (Å²) in [5.41, 5.74) is 1.61. The number of nitrogens with one attached hydrogen (secondary N) is 1. The van der Waals surface area contributed by atoms with Gasteiger partial charge in [0.05, 0.1) is 11.6 Å². The third-order valence-electron chi connectivity index (χ3n) is 3.16. The van der Waals surface area contributed by atoms with E-state index in [9.17, 15) is 9.18 Å². The maximum atomic E-state index is 13.8. The van der Waals surface area contributed by atoms with E-state index in [1.807, 2.05) is 6.92 Å². The first-order chi connectivity index (χ1) is 9.61. The van der Waals surface area contributed by atoms with E-state index in [1.54, 1.807) is 30.3 Å². The number of halogens is 1. The van der Waals surface area contributed by atoms with Gasteiger partial charge in [0.1, 0.15) is 5.82 Å². The van der Waals surface area contributed by atoms with Crippen molar-refractivity contribution in [2.45, 2.75) is 19.4 Å². The molecule has 0 radical (unpaired) electrons. The summed E-state index contributed by atoms with van der Waals surface area (Å²) >= 11 is 0. The van der Waals surface area contributed by atoms with Gasteiger partial charge in [0.2, 0.25) is 0 Å². The normalized spacial score (nSPS) is 11.9. The van der Waals surface area contributed by atoms with E-state index in [4.69, 9.17) is 5.11 Å². The van der Waals surface area contributed by atoms with Crippen molar-refractivity contribution < 1.29 is 14.3 Å². The highest BCUT2D eigenvalue weighted by molar-refractivity contribution is 5.88. The Balaban J connectivity index is 2.18. The molecule has 0 aliphatic rings. The zero-order chi connectivity index (χ0) is 14.5. The van der Waals surface area contributed by atoms with E-state index in [2.05, 4.69) is 5.32 Å². The molecule has 20 heavy (non-hydrogen) atoms. The van der Waals surface area contributed by atoms with Crippen molar-refractivity contribution in [2.24, 2.45) is 0 Å². The fourth-order valence-electron chi connectivity index (χ4n) is 2.07. The largest absolute Gasteiger partial charge is 0.478 e. The molecule has 2 aromatic rings. The summed E-state index contributed by atoms with van der Waals surface area (Å²) in [6, 6.07) is 12.9. The molecular weight excluding hydrogens is 257 g/mol. The highest BCUT2D eigenvalue weighted by Gasteiger charge is 2.13. The van der Waals surface area contributed by atoms with Crippen LogP contribution in [0.3, 0.4) is 0 Å². The first kappa shape index (κ1) is 14.1. The van der Waals surface area contributed by atoms with Crippen LogP contribution in [0.2, 0.25) is 0 Å². The third kappa shape index (κ3) is 3.15. The Labute approximate surface area is 117 Å². The number of hydrogen-bond donors (Lipinski definition) is 2. The lowest BCUT2D eigenvalue weighted by Crippen LogP contribution is -2.11. The zero-order valence-corrected chi connectivity index (χ0v) is 11.1. The topological polar surface area (TPSA) is 49.3 Å². The third-order valence-corrected chi connectivity index (χ3v) is 3.16. The van der Waals surface area contributed by atoms with E-state index in [1.165, 1.54) is 18.2 Å². The summed E-state index contributed by atoms with van der Waals surface area (Å²) in [5.74, 6) is -1.20.